The average molecular weight is 318 g/mol. The molecule has 0 atom stereocenters. The average Bonchev–Trinajstić information content (AvgIpc) is 2.29. The Bertz CT molecular complexity index is 459. The van der Waals surface area contributed by atoms with Crippen molar-refractivity contribution in [2.45, 2.75) is 0 Å². The molecule has 98 valence electrons. The molecule has 2 N–H and O–H groups in total. The molecule has 8 heteroatoms. The van der Waals surface area contributed by atoms with E-state index in [4.69, 9.17) is 4.74 Å². The lowest BCUT2D eigenvalue weighted by molar-refractivity contribution is -0.384. The number of halogens is 1. The van der Waals surface area contributed by atoms with Crippen molar-refractivity contribution in [3.63, 3.8) is 0 Å². The van der Waals surface area contributed by atoms with Crippen molar-refractivity contribution < 1.29 is 14.8 Å². The topological polar surface area (TPSA) is 97.5 Å². The molecule has 7 nitrogen and oxygen atoms in total. The molecule has 0 amide bonds. The van der Waals surface area contributed by atoms with Crippen LogP contribution < -0.4 is 5.32 Å². The number of pyridine rings is 1. The quantitative estimate of drug-likeness (QED) is 0.625. The van der Waals surface area contributed by atoms with Gasteiger partial charge in [-0.3, -0.25) is 10.1 Å². The minimum atomic E-state index is -0.497. The van der Waals surface area contributed by atoms with Gasteiger partial charge in [0.25, 0.3) is 0 Å². The van der Waals surface area contributed by atoms with Crippen LogP contribution in [-0.2, 0) is 4.74 Å². The fourth-order valence-electron chi connectivity index (χ4n) is 1.62. The number of nitrogens with zero attached hydrogens (tertiary/aromatic N) is 2. The number of nitrogens with one attached hydrogen (secondary N) is 1. The van der Waals surface area contributed by atoms with Crippen molar-refractivity contribution in [3.05, 3.63) is 26.9 Å². The van der Waals surface area contributed by atoms with E-state index in [0.29, 0.717) is 24.2 Å². The molecular weight excluding hydrogens is 306 g/mol. The first kappa shape index (κ1) is 13.2. The second-order valence-corrected chi connectivity index (χ2v) is 5.20. The van der Waals surface area contributed by atoms with Crippen LogP contribution in [0.25, 0.3) is 0 Å². The van der Waals surface area contributed by atoms with Crippen LogP contribution in [-0.4, -0.2) is 41.4 Å². The van der Waals surface area contributed by atoms with Gasteiger partial charge in [-0.25, -0.2) is 4.98 Å². The first-order valence-corrected chi connectivity index (χ1v) is 6.08. The van der Waals surface area contributed by atoms with Crippen LogP contribution in [0, 0.1) is 15.5 Å². The van der Waals surface area contributed by atoms with E-state index < -0.39 is 4.92 Å². The number of nitro groups is 1. The molecule has 0 bridgehead atoms. The summed E-state index contributed by atoms with van der Waals surface area (Å²) in [5.41, 5.74) is -0.458. The molecule has 0 saturated carbocycles. The van der Waals surface area contributed by atoms with Gasteiger partial charge in [-0.15, -0.1) is 0 Å². The van der Waals surface area contributed by atoms with E-state index in [1.165, 1.54) is 12.3 Å². The van der Waals surface area contributed by atoms with Crippen LogP contribution in [0.2, 0.25) is 0 Å². The Morgan fingerprint density at radius 1 is 1.67 bits per heavy atom. The zero-order valence-corrected chi connectivity index (χ0v) is 11.0. The number of rotatable bonds is 5. The Hall–Kier alpha value is -1.25. The Balaban J connectivity index is 2.11. The summed E-state index contributed by atoms with van der Waals surface area (Å²) >= 11 is 3.14. The number of aliphatic hydroxyl groups excluding tert-OH is 1. The van der Waals surface area contributed by atoms with Crippen molar-refractivity contribution in [3.8, 4) is 0 Å². The largest absolute Gasteiger partial charge is 0.396 e. The van der Waals surface area contributed by atoms with E-state index in [1.54, 1.807) is 0 Å². The molecule has 0 spiro atoms. The summed E-state index contributed by atoms with van der Waals surface area (Å²) in [5.74, 6) is 0.197. The highest BCUT2D eigenvalue weighted by Crippen LogP contribution is 2.30. The normalized spacial score (nSPS) is 17.0. The molecule has 0 aliphatic carbocycles. The van der Waals surface area contributed by atoms with Gasteiger partial charge in [-0.1, -0.05) is 0 Å². The van der Waals surface area contributed by atoms with Crippen LogP contribution in [0.15, 0.2) is 16.7 Å². The van der Waals surface area contributed by atoms with Gasteiger partial charge in [0.05, 0.1) is 30.2 Å². The molecule has 0 aromatic carbocycles. The van der Waals surface area contributed by atoms with E-state index in [-0.39, 0.29) is 23.5 Å². The van der Waals surface area contributed by atoms with Gasteiger partial charge >= 0.3 is 5.69 Å². The highest BCUT2D eigenvalue weighted by molar-refractivity contribution is 9.10. The van der Waals surface area contributed by atoms with E-state index in [9.17, 15) is 15.2 Å². The molecule has 1 aromatic rings. The number of anilines is 1. The number of hydrogen-bond donors (Lipinski definition) is 2. The number of aromatic nitrogens is 1. The summed E-state index contributed by atoms with van der Waals surface area (Å²) < 4.78 is 5.60. The van der Waals surface area contributed by atoms with Crippen molar-refractivity contribution in [2.24, 2.45) is 5.41 Å². The monoisotopic (exact) mass is 317 g/mol. The maximum absolute atomic E-state index is 10.9. The third kappa shape index (κ3) is 2.60. The maximum Gasteiger partial charge on any atom is 0.312 e. The fraction of sp³-hybridized carbons (Fsp3) is 0.500. The predicted molar refractivity (Wildman–Crippen MR) is 67.4 cm³/mol. The summed E-state index contributed by atoms with van der Waals surface area (Å²) in [7, 11) is 0. The zero-order valence-electron chi connectivity index (χ0n) is 9.43. The smallest absolute Gasteiger partial charge is 0.312 e. The minimum absolute atomic E-state index is 0.0235. The van der Waals surface area contributed by atoms with Crippen LogP contribution in [0.5, 0.6) is 0 Å². The molecular formula is C10H12BrN3O4. The zero-order chi connectivity index (χ0) is 13.2. The Morgan fingerprint density at radius 3 is 2.89 bits per heavy atom. The third-order valence-electron chi connectivity index (χ3n) is 2.81. The van der Waals surface area contributed by atoms with Gasteiger partial charge in [-0.05, 0) is 15.9 Å². The van der Waals surface area contributed by atoms with Gasteiger partial charge < -0.3 is 15.2 Å². The summed E-state index contributed by atoms with van der Waals surface area (Å²) in [6.45, 7) is 1.25. The first-order valence-electron chi connectivity index (χ1n) is 5.29. The molecule has 2 heterocycles. The summed E-state index contributed by atoms with van der Waals surface area (Å²) in [5, 5.41) is 23.0. The van der Waals surface area contributed by atoms with Gasteiger partial charge in [0.2, 0.25) is 5.82 Å². The van der Waals surface area contributed by atoms with Crippen molar-refractivity contribution in [2.75, 3.05) is 31.7 Å². The summed E-state index contributed by atoms with van der Waals surface area (Å²) in [6.07, 6.45) is 1.48. The van der Waals surface area contributed by atoms with Crippen LogP contribution >= 0.6 is 15.9 Å². The van der Waals surface area contributed by atoms with E-state index in [2.05, 4.69) is 26.2 Å². The van der Waals surface area contributed by atoms with E-state index in [1.807, 2.05) is 0 Å². The lowest BCUT2D eigenvalue weighted by atomic mass is 9.87. The molecule has 1 saturated heterocycles. The Kier molecular flexibility index (Phi) is 3.79. The molecule has 0 radical (unpaired) electrons. The van der Waals surface area contributed by atoms with E-state index in [0.717, 1.165) is 0 Å². The second kappa shape index (κ2) is 5.17. The molecule has 2 rings (SSSR count). The fourth-order valence-corrected chi connectivity index (χ4v) is 1.93. The molecule has 1 aliphatic heterocycles. The van der Waals surface area contributed by atoms with Crippen molar-refractivity contribution in [1.82, 2.24) is 4.98 Å². The predicted octanol–water partition coefficient (Wildman–Crippen LogP) is 1.17. The third-order valence-corrected chi connectivity index (χ3v) is 3.25. The SMILES string of the molecule is O=[N+]([O-])c1cc(Br)cnc1NCC1(CO)COC1. The minimum Gasteiger partial charge on any atom is -0.396 e. The standard InChI is InChI=1S/C10H12BrN3O4/c11-7-1-8(14(16)17)9(12-2-7)13-3-10(4-15)5-18-6-10/h1-2,15H,3-6H2,(H,12,13). The van der Waals surface area contributed by atoms with Crippen LogP contribution in [0.1, 0.15) is 0 Å². The molecule has 1 fully saturated rings. The Morgan fingerprint density at radius 2 is 2.39 bits per heavy atom. The number of aliphatic hydroxyl groups is 1. The van der Waals surface area contributed by atoms with Crippen LogP contribution in [0.4, 0.5) is 11.5 Å². The number of ether oxygens (including phenoxy) is 1. The van der Waals surface area contributed by atoms with Crippen molar-refractivity contribution >= 4 is 27.4 Å². The molecule has 1 aromatic heterocycles. The summed E-state index contributed by atoms with van der Waals surface area (Å²) in [6, 6.07) is 1.39. The summed E-state index contributed by atoms with van der Waals surface area (Å²) in [4.78, 5) is 14.4. The maximum atomic E-state index is 10.9. The lowest BCUT2D eigenvalue weighted by Gasteiger charge is -2.39. The van der Waals surface area contributed by atoms with E-state index >= 15 is 0 Å². The van der Waals surface area contributed by atoms with Gasteiger partial charge in [0.15, 0.2) is 0 Å². The molecule has 1 aliphatic rings. The number of hydrogen-bond acceptors (Lipinski definition) is 6. The van der Waals surface area contributed by atoms with Gasteiger partial charge in [0, 0.05) is 23.3 Å². The van der Waals surface area contributed by atoms with Crippen molar-refractivity contribution in [1.29, 1.82) is 0 Å². The Labute approximate surface area is 111 Å². The highest BCUT2D eigenvalue weighted by Gasteiger charge is 2.38. The van der Waals surface area contributed by atoms with Gasteiger partial charge in [0.1, 0.15) is 0 Å². The molecule has 0 unspecified atom stereocenters. The first-order chi connectivity index (χ1) is 8.56. The highest BCUT2D eigenvalue weighted by atomic mass is 79.9. The molecule has 18 heavy (non-hydrogen) atoms. The van der Waals surface area contributed by atoms with Crippen LogP contribution in [0.3, 0.4) is 0 Å². The van der Waals surface area contributed by atoms with Gasteiger partial charge in [-0.2, -0.15) is 0 Å². The second-order valence-electron chi connectivity index (χ2n) is 4.28. The lowest BCUT2D eigenvalue weighted by Crippen LogP contribution is -2.50.